The number of anilines is 4. The third-order valence-electron chi connectivity index (χ3n) is 15.6. The van der Waals surface area contributed by atoms with Crippen molar-refractivity contribution in [1.29, 1.82) is 0 Å². The number of nitrogens with zero attached hydrogens (tertiary/aromatic N) is 2. The molecule has 0 atom stereocenters. The second-order valence-corrected chi connectivity index (χ2v) is 19.5. The predicted octanol–water partition coefficient (Wildman–Crippen LogP) is 15.1. The Morgan fingerprint density at radius 3 is 1.88 bits per heavy atom. The summed E-state index contributed by atoms with van der Waals surface area (Å²) in [6.45, 7) is 10.7. The van der Waals surface area contributed by atoms with E-state index in [1.165, 1.54) is 127 Å². The maximum atomic E-state index is 2.58. The highest BCUT2D eigenvalue weighted by Gasteiger charge is 2.46. The van der Waals surface area contributed by atoms with E-state index in [2.05, 4.69) is 183 Å². The third kappa shape index (κ3) is 5.12. The first-order valence-corrected chi connectivity index (χ1v) is 22.6. The van der Waals surface area contributed by atoms with Crippen molar-refractivity contribution in [3.05, 3.63) is 189 Å². The number of allylic oxidation sites excluding steroid dienone is 3. The average molecular weight is 779 g/mol. The minimum Gasteiger partial charge on any atom is -0.341 e. The molecule has 6 aromatic rings. The molecule has 0 unspecified atom stereocenters. The van der Waals surface area contributed by atoms with Crippen LogP contribution in [0.15, 0.2) is 145 Å². The summed E-state index contributed by atoms with van der Waals surface area (Å²) in [5.74, 6) is 0. The van der Waals surface area contributed by atoms with Gasteiger partial charge in [0.1, 0.15) is 0 Å². The van der Waals surface area contributed by atoms with E-state index in [-0.39, 0.29) is 16.2 Å². The van der Waals surface area contributed by atoms with Crippen LogP contribution in [0.2, 0.25) is 0 Å². The highest BCUT2D eigenvalue weighted by atomic mass is 15.2. The molecule has 296 valence electrons. The van der Waals surface area contributed by atoms with Gasteiger partial charge in [0.15, 0.2) is 0 Å². The molecule has 60 heavy (non-hydrogen) atoms. The summed E-state index contributed by atoms with van der Waals surface area (Å²) in [6.07, 6.45) is 19.1. The van der Waals surface area contributed by atoms with Crippen molar-refractivity contribution in [3.63, 3.8) is 0 Å². The van der Waals surface area contributed by atoms with Gasteiger partial charge >= 0.3 is 0 Å². The Kier molecular flexibility index (Phi) is 7.85. The fourth-order valence-corrected chi connectivity index (χ4v) is 12.5. The fourth-order valence-electron chi connectivity index (χ4n) is 12.5. The lowest BCUT2D eigenvalue weighted by Gasteiger charge is -2.44. The number of para-hydroxylation sites is 2. The van der Waals surface area contributed by atoms with Gasteiger partial charge < -0.3 is 9.80 Å². The van der Waals surface area contributed by atoms with Crippen molar-refractivity contribution >= 4 is 34.9 Å². The molecule has 2 nitrogen and oxygen atoms in total. The SMILES string of the molecule is CC1(C)C2=C(C=CCC2)N(c2ccc3c(c2)C2(CCCC2)c2cc(/C=C/c4ccc5c(c4)C(C)(C)c4cc(N6CCCc7ccccc76)ccc4-5)ccc2-3)c2ccccc21. The van der Waals surface area contributed by atoms with Gasteiger partial charge in [-0.05, 0) is 153 Å². The number of hydrogen-bond acceptors (Lipinski definition) is 2. The monoisotopic (exact) mass is 778 g/mol. The molecule has 4 aliphatic carbocycles. The number of aryl methyl sites for hydroxylation is 1. The van der Waals surface area contributed by atoms with Crippen molar-refractivity contribution in [2.45, 2.75) is 95.3 Å². The van der Waals surface area contributed by atoms with Crippen LogP contribution in [0, 0.1) is 0 Å². The molecule has 6 aromatic carbocycles. The number of hydrogen-bond donors (Lipinski definition) is 0. The molecule has 0 N–H and O–H groups in total. The molecule has 0 bridgehead atoms. The molecule has 2 aliphatic heterocycles. The Hall–Kier alpha value is -5.86. The van der Waals surface area contributed by atoms with Crippen LogP contribution in [-0.2, 0) is 22.7 Å². The van der Waals surface area contributed by atoms with E-state index < -0.39 is 0 Å². The summed E-state index contributed by atoms with van der Waals surface area (Å²) in [5.41, 5.74) is 25.2. The molecule has 0 aromatic heterocycles. The quantitative estimate of drug-likeness (QED) is 0.165. The first-order chi connectivity index (χ1) is 29.2. The van der Waals surface area contributed by atoms with E-state index in [4.69, 9.17) is 0 Å². The molecular formula is C58H54N2. The maximum Gasteiger partial charge on any atom is 0.0502 e. The van der Waals surface area contributed by atoms with E-state index in [0.717, 1.165) is 25.8 Å². The largest absolute Gasteiger partial charge is 0.341 e. The van der Waals surface area contributed by atoms with Crippen LogP contribution < -0.4 is 9.80 Å². The van der Waals surface area contributed by atoms with Gasteiger partial charge in [-0.25, -0.2) is 0 Å². The standard InChI is InChI=1S/C58H54N2/c1-56(2)47-16-6-9-19-54(47)60(55-20-10-7-17-48(55)56)42-26-30-46-45-28-24-39(35-51(45)58(52(46)37-42)31-11-12-32-58)22-21-38-23-27-43-44-29-25-41(36-50(44)57(3,4)49(43)34-38)59-33-13-15-40-14-5-8-18-53(40)59/h5-6,8-10,14,16,18-30,34-37H,7,11-13,15,17,31-33H2,1-4H3/b22-21+. The molecule has 1 saturated carbocycles. The van der Waals surface area contributed by atoms with Crippen molar-refractivity contribution in [3.8, 4) is 22.3 Å². The van der Waals surface area contributed by atoms with Crippen molar-refractivity contribution in [2.24, 2.45) is 0 Å². The van der Waals surface area contributed by atoms with Gasteiger partial charge in [0.25, 0.3) is 0 Å². The van der Waals surface area contributed by atoms with Crippen molar-refractivity contribution in [1.82, 2.24) is 0 Å². The van der Waals surface area contributed by atoms with E-state index >= 15 is 0 Å². The molecule has 6 aliphatic rings. The minimum absolute atomic E-state index is 0.0164. The topological polar surface area (TPSA) is 6.48 Å². The normalized spacial score (nSPS) is 19.5. The van der Waals surface area contributed by atoms with Gasteiger partial charge in [0.05, 0.1) is 5.69 Å². The zero-order chi connectivity index (χ0) is 40.4. The van der Waals surface area contributed by atoms with Crippen LogP contribution in [0.3, 0.4) is 0 Å². The van der Waals surface area contributed by atoms with Crippen LogP contribution in [0.4, 0.5) is 22.7 Å². The van der Waals surface area contributed by atoms with E-state index in [9.17, 15) is 0 Å². The van der Waals surface area contributed by atoms with Gasteiger partial charge in [0, 0.05) is 45.5 Å². The van der Waals surface area contributed by atoms with Crippen molar-refractivity contribution in [2.75, 3.05) is 16.3 Å². The Morgan fingerprint density at radius 2 is 1.12 bits per heavy atom. The lowest BCUT2D eigenvalue weighted by Crippen LogP contribution is -2.35. The molecule has 1 fully saturated rings. The lowest BCUT2D eigenvalue weighted by atomic mass is 9.70. The molecule has 2 heterocycles. The van der Waals surface area contributed by atoms with E-state index in [1.54, 1.807) is 5.57 Å². The summed E-state index contributed by atoms with van der Waals surface area (Å²) < 4.78 is 0. The fraction of sp³-hybridized carbons (Fsp3) is 0.276. The average Bonchev–Trinajstić information content (AvgIpc) is 3.94. The summed E-state index contributed by atoms with van der Waals surface area (Å²) in [7, 11) is 0. The summed E-state index contributed by atoms with van der Waals surface area (Å²) in [4.78, 5) is 5.11. The molecule has 12 rings (SSSR count). The highest BCUT2D eigenvalue weighted by Crippen LogP contribution is 2.59. The van der Waals surface area contributed by atoms with Crippen LogP contribution in [0.5, 0.6) is 0 Å². The second kappa shape index (κ2) is 13.1. The van der Waals surface area contributed by atoms with Gasteiger partial charge in [-0.3, -0.25) is 0 Å². The smallest absolute Gasteiger partial charge is 0.0502 e. The van der Waals surface area contributed by atoms with Crippen LogP contribution in [0.1, 0.15) is 117 Å². The third-order valence-corrected chi connectivity index (χ3v) is 15.6. The molecule has 2 heteroatoms. The zero-order valence-corrected chi connectivity index (χ0v) is 35.6. The van der Waals surface area contributed by atoms with Crippen molar-refractivity contribution < 1.29 is 0 Å². The van der Waals surface area contributed by atoms with Crippen LogP contribution in [-0.4, -0.2) is 6.54 Å². The lowest BCUT2D eigenvalue weighted by molar-refractivity contribution is 0.549. The van der Waals surface area contributed by atoms with E-state index in [0.29, 0.717) is 0 Å². The number of rotatable bonds is 4. The molecule has 0 saturated heterocycles. The molecule has 0 radical (unpaired) electrons. The Labute approximate surface area is 356 Å². The van der Waals surface area contributed by atoms with Crippen LogP contribution >= 0.6 is 0 Å². The second-order valence-electron chi connectivity index (χ2n) is 19.5. The summed E-state index contributed by atoms with van der Waals surface area (Å²) in [6, 6.07) is 47.1. The molecule has 1 spiro atoms. The highest BCUT2D eigenvalue weighted by molar-refractivity contribution is 5.89. The van der Waals surface area contributed by atoms with Gasteiger partial charge in [-0.1, -0.05) is 144 Å². The summed E-state index contributed by atoms with van der Waals surface area (Å²) >= 11 is 0. The van der Waals surface area contributed by atoms with E-state index in [1.807, 2.05) is 0 Å². The van der Waals surface area contributed by atoms with Gasteiger partial charge in [0.2, 0.25) is 0 Å². The predicted molar refractivity (Wildman–Crippen MR) is 253 cm³/mol. The van der Waals surface area contributed by atoms with Crippen LogP contribution in [0.25, 0.3) is 34.4 Å². The maximum absolute atomic E-state index is 2.58. The Balaban J connectivity index is 0.865. The first kappa shape index (κ1) is 36.0. The van der Waals surface area contributed by atoms with Gasteiger partial charge in [-0.15, -0.1) is 0 Å². The van der Waals surface area contributed by atoms with Gasteiger partial charge in [-0.2, -0.15) is 0 Å². The number of benzene rings is 6. The first-order valence-electron chi connectivity index (χ1n) is 22.6. The Bertz CT molecular complexity index is 2870. The summed E-state index contributed by atoms with van der Waals surface area (Å²) in [5, 5.41) is 0. The minimum atomic E-state index is -0.0786. The number of fused-ring (bicyclic) bond motifs is 10. The molecular weight excluding hydrogens is 725 g/mol. The Morgan fingerprint density at radius 1 is 0.517 bits per heavy atom. The molecule has 0 amide bonds. The zero-order valence-electron chi connectivity index (χ0n) is 35.6.